The normalized spacial score (nSPS) is 10.7. The Hall–Kier alpha value is -2.09. The molecule has 0 bridgehead atoms. The van der Waals surface area contributed by atoms with Crippen LogP contribution >= 0.6 is 11.3 Å². The Morgan fingerprint density at radius 1 is 1.33 bits per heavy atom. The molecule has 0 saturated heterocycles. The molecular formula is C13H13F2N3O2S. The van der Waals surface area contributed by atoms with Crippen LogP contribution in [0, 0.1) is 0 Å². The zero-order valence-electron chi connectivity index (χ0n) is 11.2. The van der Waals surface area contributed by atoms with Crippen LogP contribution in [0.2, 0.25) is 0 Å². The van der Waals surface area contributed by atoms with Crippen molar-refractivity contribution in [3.8, 4) is 5.75 Å². The second-order valence-corrected chi connectivity index (χ2v) is 5.17. The Labute approximate surface area is 124 Å². The van der Waals surface area contributed by atoms with E-state index in [1.807, 2.05) is 6.92 Å². The number of carbonyl (C=O) groups is 1. The second-order valence-electron chi connectivity index (χ2n) is 4.11. The van der Waals surface area contributed by atoms with Gasteiger partial charge in [0, 0.05) is 12.0 Å². The van der Waals surface area contributed by atoms with E-state index in [0.29, 0.717) is 10.7 Å². The number of ether oxygens (including phenoxy) is 1. The van der Waals surface area contributed by atoms with Crippen molar-refractivity contribution in [2.45, 2.75) is 26.4 Å². The summed E-state index contributed by atoms with van der Waals surface area (Å²) in [6.07, 6.45) is 1.77. The number of nitrogens with one attached hydrogen (secondary N) is 1. The zero-order valence-corrected chi connectivity index (χ0v) is 12.0. The van der Waals surface area contributed by atoms with Crippen LogP contribution in [0.5, 0.6) is 5.75 Å². The van der Waals surface area contributed by atoms with Gasteiger partial charge in [0.2, 0.25) is 5.13 Å². The Morgan fingerprint density at radius 2 is 2.05 bits per heavy atom. The smallest absolute Gasteiger partial charge is 0.387 e. The van der Waals surface area contributed by atoms with Crippen molar-refractivity contribution in [1.82, 2.24) is 10.2 Å². The lowest BCUT2D eigenvalue weighted by Crippen LogP contribution is -2.11. The number of benzene rings is 1. The average Bonchev–Trinajstić information content (AvgIpc) is 2.86. The maximum absolute atomic E-state index is 12.0. The standard InChI is InChI=1S/C13H13F2N3O2S/c1-2-3-10-17-18-13(21-10)16-11(19)8-4-6-9(7-5-8)20-12(14)15/h4-7,12H,2-3H2,1H3,(H,16,18,19). The van der Waals surface area contributed by atoms with Gasteiger partial charge >= 0.3 is 6.61 Å². The summed E-state index contributed by atoms with van der Waals surface area (Å²) in [7, 11) is 0. The van der Waals surface area contributed by atoms with Crippen LogP contribution < -0.4 is 10.1 Å². The first-order valence-corrected chi connectivity index (χ1v) is 7.08. The molecule has 0 aliphatic carbocycles. The molecule has 1 N–H and O–H groups in total. The number of halogens is 2. The minimum Gasteiger partial charge on any atom is -0.435 e. The molecule has 0 atom stereocenters. The highest BCUT2D eigenvalue weighted by atomic mass is 32.1. The van der Waals surface area contributed by atoms with Crippen molar-refractivity contribution in [2.24, 2.45) is 0 Å². The van der Waals surface area contributed by atoms with E-state index in [1.54, 1.807) is 0 Å². The number of aryl methyl sites for hydroxylation is 1. The third-order valence-electron chi connectivity index (χ3n) is 2.49. The molecule has 5 nitrogen and oxygen atoms in total. The molecule has 112 valence electrons. The molecule has 0 radical (unpaired) electrons. The number of hydrogen-bond donors (Lipinski definition) is 1. The molecule has 0 unspecified atom stereocenters. The van der Waals surface area contributed by atoms with Gasteiger partial charge in [0.15, 0.2) is 0 Å². The lowest BCUT2D eigenvalue weighted by molar-refractivity contribution is -0.0498. The van der Waals surface area contributed by atoms with Gasteiger partial charge in [0.1, 0.15) is 10.8 Å². The molecule has 0 fully saturated rings. The summed E-state index contributed by atoms with van der Waals surface area (Å²) in [5, 5.41) is 11.7. The Bertz CT molecular complexity index is 602. The molecule has 8 heteroatoms. The van der Waals surface area contributed by atoms with Crippen LogP contribution in [0.1, 0.15) is 28.7 Å². The lowest BCUT2D eigenvalue weighted by Gasteiger charge is -2.05. The third-order valence-corrected chi connectivity index (χ3v) is 3.39. The molecule has 2 aromatic rings. The van der Waals surface area contributed by atoms with Crippen molar-refractivity contribution in [3.05, 3.63) is 34.8 Å². The first-order valence-electron chi connectivity index (χ1n) is 6.27. The minimum absolute atomic E-state index is 0.00250. The van der Waals surface area contributed by atoms with E-state index in [1.165, 1.54) is 35.6 Å². The maximum atomic E-state index is 12.0. The van der Waals surface area contributed by atoms with Crippen LogP contribution in [0.3, 0.4) is 0 Å². The van der Waals surface area contributed by atoms with Crippen LogP contribution in [0.4, 0.5) is 13.9 Å². The topological polar surface area (TPSA) is 64.1 Å². The average molecular weight is 313 g/mol. The third kappa shape index (κ3) is 4.45. The van der Waals surface area contributed by atoms with Crippen molar-refractivity contribution in [1.29, 1.82) is 0 Å². The number of carbonyl (C=O) groups excluding carboxylic acids is 1. The van der Waals surface area contributed by atoms with Gasteiger partial charge in [-0.1, -0.05) is 18.3 Å². The maximum Gasteiger partial charge on any atom is 0.387 e. The van der Waals surface area contributed by atoms with Gasteiger partial charge < -0.3 is 4.74 Å². The highest BCUT2D eigenvalue weighted by molar-refractivity contribution is 7.15. The summed E-state index contributed by atoms with van der Waals surface area (Å²) in [6, 6.07) is 5.43. The van der Waals surface area contributed by atoms with Crippen LogP contribution in [-0.2, 0) is 6.42 Å². The van der Waals surface area contributed by atoms with E-state index in [9.17, 15) is 13.6 Å². The lowest BCUT2D eigenvalue weighted by atomic mass is 10.2. The second kappa shape index (κ2) is 7.07. The van der Waals surface area contributed by atoms with Crippen molar-refractivity contribution < 1.29 is 18.3 Å². The number of aromatic nitrogens is 2. The van der Waals surface area contributed by atoms with E-state index in [-0.39, 0.29) is 11.7 Å². The number of anilines is 1. The largest absolute Gasteiger partial charge is 0.435 e. The minimum atomic E-state index is -2.89. The molecule has 0 saturated carbocycles. The molecule has 0 aliphatic heterocycles. The highest BCUT2D eigenvalue weighted by Gasteiger charge is 2.11. The molecule has 1 heterocycles. The zero-order chi connectivity index (χ0) is 15.2. The van der Waals surface area contributed by atoms with Gasteiger partial charge in [-0.05, 0) is 30.7 Å². The van der Waals surface area contributed by atoms with Crippen molar-refractivity contribution >= 4 is 22.4 Å². The van der Waals surface area contributed by atoms with Crippen LogP contribution in [0.15, 0.2) is 24.3 Å². The quantitative estimate of drug-likeness (QED) is 0.888. The summed E-state index contributed by atoms with van der Waals surface area (Å²) < 4.78 is 28.2. The van der Waals surface area contributed by atoms with E-state index in [0.717, 1.165) is 17.8 Å². The van der Waals surface area contributed by atoms with E-state index < -0.39 is 6.61 Å². The summed E-state index contributed by atoms with van der Waals surface area (Å²) in [4.78, 5) is 12.0. The van der Waals surface area contributed by atoms with E-state index in [4.69, 9.17) is 0 Å². The van der Waals surface area contributed by atoms with Gasteiger partial charge in [0.25, 0.3) is 5.91 Å². The molecule has 0 aliphatic rings. The molecule has 1 aromatic heterocycles. The fourth-order valence-corrected chi connectivity index (χ4v) is 2.41. The summed E-state index contributed by atoms with van der Waals surface area (Å²) in [5.41, 5.74) is 0.323. The monoisotopic (exact) mass is 313 g/mol. The predicted octanol–water partition coefficient (Wildman–Crippen LogP) is 3.34. The number of alkyl halides is 2. The van der Waals surface area contributed by atoms with E-state index >= 15 is 0 Å². The number of hydrogen-bond acceptors (Lipinski definition) is 5. The van der Waals surface area contributed by atoms with Gasteiger partial charge in [-0.15, -0.1) is 10.2 Å². The molecule has 0 spiro atoms. The predicted molar refractivity (Wildman–Crippen MR) is 74.9 cm³/mol. The molecule has 1 aromatic carbocycles. The SMILES string of the molecule is CCCc1nnc(NC(=O)c2ccc(OC(F)F)cc2)s1. The number of amides is 1. The first-order chi connectivity index (χ1) is 10.1. The van der Waals surface area contributed by atoms with Crippen molar-refractivity contribution in [2.75, 3.05) is 5.32 Å². The fourth-order valence-electron chi connectivity index (χ4n) is 1.58. The fraction of sp³-hybridized carbons (Fsp3) is 0.308. The first kappa shape index (κ1) is 15.3. The summed E-state index contributed by atoms with van der Waals surface area (Å²) in [5.74, 6) is -0.375. The number of rotatable bonds is 6. The van der Waals surface area contributed by atoms with Crippen LogP contribution in [0.25, 0.3) is 0 Å². The Morgan fingerprint density at radius 3 is 2.67 bits per heavy atom. The Kier molecular flexibility index (Phi) is 5.15. The molecule has 21 heavy (non-hydrogen) atoms. The molecule has 1 amide bonds. The highest BCUT2D eigenvalue weighted by Crippen LogP contribution is 2.19. The van der Waals surface area contributed by atoms with E-state index in [2.05, 4.69) is 20.3 Å². The summed E-state index contributed by atoms with van der Waals surface area (Å²) in [6.45, 7) is -0.856. The van der Waals surface area contributed by atoms with Crippen LogP contribution in [-0.4, -0.2) is 22.7 Å². The number of nitrogens with zero attached hydrogens (tertiary/aromatic N) is 2. The van der Waals surface area contributed by atoms with Gasteiger partial charge in [-0.3, -0.25) is 10.1 Å². The van der Waals surface area contributed by atoms with Gasteiger partial charge in [-0.25, -0.2) is 0 Å². The summed E-state index contributed by atoms with van der Waals surface area (Å²) >= 11 is 1.31. The molecular weight excluding hydrogens is 300 g/mol. The van der Waals surface area contributed by atoms with Crippen molar-refractivity contribution in [3.63, 3.8) is 0 Å². The Balaban J connectivity index is 1.99. The van der Waals surface area contributed by atoms with Gasteiger partial charge in [-0.2, -0.15) is 8.78 Å². The van der Waals surface area contributed by atoms with Gasteiger partial charge in [0.05, 0.1) is 0 Å². The molecule has 2 rings (SSSR count).